The number of nitrogens with two attached hydrogens (primary N) is 1. The first-order chi connectivity index (χ1) is 8.31. The molecule has 1 aliphatic carbocycles. The van der Waals surface area contributed by atoms with Crippen LogP contribution < -0.4 is 5.73 Å². The molecule has 1 heteroatoms. The third-order valence-corrected chi connectivity index (χ3v) is 3.77. The zero-order chi connectivity index (χ0) is 12.1. The SMILES string of the molecule is CC#CCCC(N)C1CCc2ccccc2C1. The topological polar surface area (TPSA) is 26.0 Å². The molecule has 0 aliphatic heterocycles. The molecule has 1 aromatic carbocycles. The monoisotopic (exact) mass is 227 g/mol. The fourth-order valence-electron chi connectivity index (χ4n) is 2.69. The van der Waals surface area contributed by atoms with Crippen LogP contribution >= 0.6 is 0 Å². The summed E-state index contributed by atoms with van der Waals surface area (Å²) in [6.07, 6.45) is 5.55. The van der Waals surface area contributed by atoms with Gasteiger partial charge in [0.05, 0.1) is 0 Å². The molecule has 1 aliphatic rings. The lowest BCUT2D eigenvalue weighted by atomic mass is 9.79. The van der Waals surface area contributed by atoms with Gasteiger partial charge < -0.3 is 5.73 Å². The van der Waals surface area contributed by atoms with Gasteiger partial charge in [-0.15, -0.1) is 11.8 Å². The summed E-state index contributed by atoms with van der Waals surface area (Å²) in [6.45, 7) is 1.89. The summed E-state index contributed by atoms with van der Waals surface area (Å²) in [7, 11) is 0. The fraction of sp³-hybridized carbons (Fsp3) is 0.500. The molecule has 1 nitrogen and oxygen atoms in total. The van der Waals surface area contributed by atoms with E-state index >= 15 is 0 Å². The molecule has 0 heterocycles. The summed E-state index contributed by atoms with van der Waals surface area (Å²) < 4.78 is 0. The molecule has 0 spiro atoms. The summed E-state index contributed by atoms with van der Waals surface area (Å²) in [5.41, 5.74) is 9.30. The van der Waals surface area contributed by atoms with Crippen molar-refractivity contribution in [1.29, 1.82) is 0 Å². The molecule has 2 atom stereocenters. The van der Waals surface area contributed by atoms with Crippen molar-refractivity contribution in [3.8, 4) is 11.8 Å². The van der Waals surface area contributed by atoms with Crippen molar-refractivity contribution in [2.24, 2.45) is 11.7 Å². The van der Waals surface area contributed by atoms with Crippen LogP contribution in [0.5, 0.6) is 0 Å². The molecule has 0 saturated heterocycles. The number of hydrogen-bond donors (Lipinski definition) is 1. The van der Waals surface area contributed by atoms with E-state index in [-0.39, 0.29) is 0 Å². The Morgan fingerprint density at radius 2 is 2.12 bits per heavy atom. The quantitative estimate of drug-likeness (QED) is 0.789. The molecule has 0 saturated carbocycles. The summed E-state index contributed by atoms with van der Waals surface area (Å²) in [5, 5.41) is 0. The number of rotatable bonds is 3. The summed E-state index contributed by atoms with van der Waals surface area (Å²) in [4.78, 5) is 0. The van der Waals surface area contributed by atoms with Gasteiger partial charge in [0.15, 0.2) is 0 Å². The van der Waals surface area contributed by atoms with Gasteiger partial charge in [0.25, 0.3) is 0 Å². The molecule has 1 aromatic rings. The molecule has 90 valence electrons. The summed E-state index contributed by atoms with van der Waals surface area (Å²) in [6, 6.07) is 9.08. The molecule has 2 N–H and O–H groups in total. The van der Waals surface area contributed by atoms with Crippen molar-refractivity contribution in [3.05, 3.63) is 35.4 Å². The summed E-state index contributed by atoms with van der Waals surface area (Å²) >= 11 is 0. The van der Waals surface area contributed by atoms with Crippen molar-refractivity contribution in [1.82, 2.24) is 0 Å². The maximum atomic E-state index is 6.28. The first-order valence-electron chi connectivity index (χ1n) is 6.53. The number of fused-ring (bicyclic) bond motifs is 1. The third kappa shape index (κ3) is 3.11. The Balaban J connectivity index is 1.94. The average Bonchev–Trinajstić information content (AvgIpc) is 2.38. The second kappa shape index (κ2) is 5.89. The van der Waals surface area contributed by atoms with Gasteiger partial charge in [-0.1, -0.05) is 24.3 Å². The molecule has 2 rings (SSSR count). The minimum atomic E-state index is 0.309. The fourth-order valence-corrected chi connectivity index (χ4v) is 2.69. The van der Waals surface area contributed by atoms with E-state index < -0.39 is 0 Å². The second-order valence-electron chi connectivity index (χ2n) is 4.90. The van der Waals surface area contributed by atoms with Crippen molar-refractivity contribution in [3.63, 3.8) is 0 Å². The van der Waals surface area contributed by atoms with Crippen molar-refractivity contribution >= 4 is 0 Å². The van der Waals surface area contributed by atoms with Gasteiger partial charge in [0, 0.05) is 12.5 Å². The van der Waals surface area contributed by atoms with E-state index in [2.05, 4.69) is 36.1 Å². The highest BCUT2D eigenvalue weighted by molar-refractivity contribution is 5.29. The van der Waals surface area contributed by atoms with Gasteiger partial charge in [-0.2, -0.15) is 0 Å². The van der Waals surface area contributed by atoms with Crippen molar-refractivity contribution < 1.29 is 0 Å². The van der Waals surface area contributed by atoms with Gasteiger partial charge >= 0.3 is 0 Å². The van der Waals surface area contributed by atoms with Crippen LogP contribution in [0.25, 0.3) is 0 Å². The normalized spacial score (nSPS) is 20.0. The highest BCUT2D eigenvalue weighted by Crippen LogP contribution is 2.28. The predicted molar refractivity (Wildman–Crippen MR) is 72.6 cm³/mol. The van der Waals surface area contributed by atoms with Crippen LogP contribution in [0.15, 0.2) is 24.3 Å². The Hall–Kier alpha value is -1.26. The van der Waals surface area contributed by atoms with E-state index in [4.69, 9.17) is 5.73 Å². The standard InChI is InChI=1S/C16H21N/c1-2-3-4-9-16(17)15-11-10-13-7-5-6-8-14(13)12-15/h5-8,15-16H,4,9-12,17H2,1H3. The Morgan fingerprint density at radius 3 is 2.88 bits per heavy atom. The largest absolute Gasteiger partial charge is 0.327 e. The molecule has 0 bridgehead atoms. The smallest absolute Gasteiger partial charge is 0.0103 e. The van der Waals surface area contributed by atoms with Gasteiger partial charge in [-0.05, 0) is 49.7 Å². The number of aryl methyl sites for hydroxylation is 1. The van der Waals surface area contributed by atoms with E-state index in [1.54, 1.807) is 0 Å². The van der Waals surface area contributed by atoms with Crippen LogP contribution in [0, 0.1) is 17.8 Å². The molecule has 0 amide bonds. The van der Waals surface area contributed by atoms with Crippen molar-refractivity contribution in [2.45, 2.75) is 45.1 Å². The van der Waals surface area contributed by atoms with Gasteiger partial charge in [0.2, 0.25) is 0 Å². The van der Waals surface area contributed by atoms with Crippen LogP contribution in [0.3, 0.4) is 0 Å². The van der Waals surface area contributed by atoms with E-state index in [1.165, 1.54) is 24.0 Å². The van der Waals surface area contributed by atoms with Crippen LogP contribution in [-0.2, 0) is 12.8 Å². The second-order valence-corrected chi connectivity index (χ2v) is 4.90. The first kappa shape index (κ1) is 12.2. The van der Waals surface area contributed by atoms with E-state index in [9.17, 15) is 0 Å². The maximum Gasteiger partial charge on any atom is 0.0103 e. The van der Waals surface area contributed by atoms with Gasteiger partial charge in [-0.25, -0.2) is 0 Å². The molecule has 17 heavy (non-hydrogen) atoms. The zero-order valence-electron chi connectivity index (χ0n) is 10.6. The minimum Gasteiger partial charge on any atom is -0.327 e. The van der Waals surface area contributed by atoms with Crippen LogP contribution in [0.4, 0.5) is 0 Å². The first-order valence-corrected chi connectivity index (χ1v) is 6.53. The lowest BCUT2D eigenvalue weighted by Crippen LogP contribution is -2.33. The zero-order valence-corrected chi connectivity index (χ0v) is 10.6. The predicted octanol–water partition coefficient (Wildman–Crippen LogP) is 2.92. The lowest BCUT2D eigenvalue weighted by molar-refractivity contribution is 0.361. The number of hydrogen-bond acceptors (Lipinski definition) is 1. The van der Waals surface area contributed by atoms with Crippen LogP contribution in [0.1, 0.15) is 37.3 Å². The highest BCUT2D eigenvalue weighted by Gasteiger charge is 2.22. The van der Waals surface area contributed by atoms with E-state index in [1.807, 2.05) is 6.92 Å². The number of benzene rings is 1. The Bertz CT molecular complexity index is 425. The maximum absolute atomic E-state index is 6.28. The lowest BCUT2D eigenvalue weighted by Gasteiger charge is -2.29. The molecule has 0 aromatic heterocycles. The van der Waals surface area contributed by atoms with Crippen LogP contribution in [0.2, 0.25) is 0 Å². The third-order valence-electron chi connectivity index (χ3n) is 3.77. The van der Waals surface area contributed by atoms with Gasteiger partial charge in [-0.3, -0.25) is 0 Å². The Kier molecular flexibility index (Phi) is 4.23. The molecular weight excluding hydrogens is 206 g/mol. The van der Waals surface area contributed by atoms with Crippen molar-refractivity contribution in [2.75, 3.05) is 0 Å². The summed E-state index contributed by atoms with van der Waals surface area (Å²) in [5.74, 6) is 6.69. The van der Waals surface area contributed by atoms with Crippen LogP contribution in [-0.4, -0.2) is 6.04 Å². The molecule has 2 unspecified atom stereocenters. The highest BCUT2D eigenvalue weighted by atomic mass is 14.6. The van der Waals surface area contributed by atoms with E-state index in [0.717, 1.165) is 19.3 Å². The average molecular weight is 227 g/mol. The Morgan fingerprint density at radius 1 is 1.35 bits per heavy atom. The van der Waals surface area contributed by atoms with Gasteiger partial charge in [0.1, 0.15) is 0 Å². The minimum absolute atomic E-state index is 0.309. The Labute approximate surface area is 104 Å². The van der Waals surface area contributed by atoms with E-state index in [0.29, 0.717) is 12.0 Å². The molecule has 0 radical (unpaired) electrons. The molecule has 0 fully saturated rings. The molecular formula is C16H21N.